The summed E-state index contributed by atoms with van der Waals surface area (Å²) in [4.78, 5) is 31.7. The number of amides is 2. The first-order valence-electron chi connectivity index (χ1n) is 9.55. The average Bonchev–Trinajstić information content (AvgIpc) is 2.97. The normalized spacial score (nSPS) is 17.6. The summed E-state index contributed by atoms with van der Waals surface area (Å²) in [7, 11) is 1.59. The van der Waals surface area contributed by atoms with E-state index >= 15 is 0 Å². The molecule has 1 saturated heterocycles. The Morgan fingerprint density at radius 2 is 2.03 bits per heavy atom. The lowest BCUT2D eigenvalue weighted by atomic mass is 10.1. The molecule has 30 heavy (non-hydrogen) atoms. The van der Waals surface area contributed by atoms with Gasteiger partial charge in [-0.05, 0) is 55.3 Å². The van der Waals surface area contributed by atoms with Crippen LogP contribution in [0.15, 0.2) is 47.5 Å². The van der Waals surface area contributed by atoms with Crippen LogP contribution in [-0.4, -0.2) is 47.4 Å². The molecule has 2 aromatic rings. The highest BCUT2D eigenvalue weighted by molar-refractivity contribution is 8.15. The van der Waals surface area contributed by atoms with Crippen LogP contribution in [0.25, 0.3) is 0 Å². The molecule has 0 spiro atoms. The van der Waals surface area contributed by atoms with Crippen molar-refractivity contribution in [2.24, 2.45) is 4.99 Å². The van der Waals surface area contributed by atoms with Crippen molar-refractivity contribution in [1.29, 1.82) is 0 Å². The number of nitrogens with one attached hydrogen (secondary N) is 1. The molecule has 3 rings (SSSR count). The molecule has 1 heterocycles. The number of carbonyl (C=O) groups excluding carboxylic acids is 2. The van der Waals surface area contributed by atoms with E-state index in [9.17, 15) is 9.59 Å². The van der Waals surface area contributed by atoms with Crippen molar-refractivity contribution in [3.8, 4) is 0 Å². The third kappa shape index (κ3) is 5.62. The topological polar surface area (TPSA) is 71.0 Å². The minimum absolute atomic E-state index is 0.0471. The Morgan fingerprint density at radius 1 is 1.23 bits per heavy atom. The molecule has 6 nitrogen and oxygen atoms in total. The van der Waals surface area contributed by atoms with E-state index in [1.54, 1.807) is 36.3 Å². The summed E-state index contributed by atoms with van der Waals surface area (Å²) < 4.78 is 5.14. The third-order valence-electron chi connectivity index (χ3n) is 4.73. The number of nitrogens with zero attached hydrogens (tertiary/aromatic N) is 2. The molecular weight excluding hydrogens is 422 g/mol. The van der Waals surface area contributed by atoms with E-state index < -0.39 is 5.25 Å². The Morgan fingerprint density at radius 3 is 2.73 bits per heavy atom. The maximum Gasteiger partial charge on any atom is 0.242 e. The van der Waals surface area contributed by atoms with Gasteiger partial charge in [-0.2, -0.15) is 0 Å². The van der Waals surface area contributed by atoms with Gasteiger partial charge >= 0.3 is 0 Å². The molecular formula is C22H24ClN3O3S. The lowest BCUT2D eigenvalue weighted by Crippen LogP contribution is -2.35. The second-order valence-corrected chi connectivity index (χ2v) is 8.62. The molecule has 0 radical (unpaired) electrons. The summed E-state index contributed by atoms with van der Waals surface area (Å²) in [5.74, 6) is -0.386. The maximum atomic E-state index is 12.9. The Hall–Kier alpha value is -2.35. The van der Waals surface area contributed by atoms with Crippen LogP contribution in [0.3, 0.4) is 0 Å². The Bertz CT molecular complexity index is 980. The predicted octanol–water partition coefficient (Wildman–Crippen LogP) is 4.56. The lowest BCUT2D eigenvalue weighted by molar-refractivity contribution is -0.128. The van der Waals surface area contributed by atoms with Crippen molar-refractivity contribution in [3.05, 3.63) is 58.6 Å². The van der Waals surface area contributed by atoms with Gasteiger partial charge in [-0.3, -0.25) is 14.5 Å². The summed E-state index contributed by atoms with van der Waals surface area (Å²) in [6.07, 6.45) is 0.0471. The molecule has 2 aromatic carbocycles. The Balaban J connectivity index is 1.75. The number of amidine groups is 1. The standard InChI is InChI=1S/C22H24ClN3O3S/c1-14-7-8-18(11-15(14)2)25-22-26(9-10-29-3)21(28)19(30-22)13-20(27)24-17-6-4-5-16(23)12-17/h4-8,11-12,19H,9-10,13H2,1-3H3,(H,24,27). The molecule has 1 fully saturated rings. The summed E-state index contributed by atoms with van der Waals surface area (Å²) in [5.41, 5.74) is 3.69. The number of thioether (sulfide) groups is 1. The van der Waals surface area contributed by atoms with Gasteiger partial charge in [0.1, 0.15) is 5.25 Å². The van der Waals surface area contributed by atoms with Gasteiger partial charge in [0.05, 0.1) is 18.8 Å². The smallest absolute Gasteiger partial charge is 0.242 e. The fourth-order valence-electron chi connectivity index (χ4n) is 2.97. The minimum atomic E-state index is -0.536. The van der Waals surface area contributed by atoms with Crippen LogP contribution in [0.2, 0.25) is 5.02 Å². The molecule has 0 saturated carbocycles. The van der Waals surface area contributed by atoms with E-state index in [-0.39, 0.29) is 18.2 Å². The molecule has 1 atom stereocenters. The number of carbonyl (C=O) groups is 2. The predicted molar refractivity (Wildman–Crippen MR) is 123 cm³/mol. The quantitative estimate of drug-likeness (QED) is 0.678. The number of hydrogen-bond acceptors (Lipinski definition) is 5. The number of ether oxygens (including phenoxy) is 1. The molecule has 0 bridgehead atoms. The highest BCUT2D eigenvalue weighted by atomic mass is 35.5. The van der Waals surface area contributed by atoms with Crippen LogP contribution in [0.5, 0.6) is 0 Å². The van der Waals surface area contributed by atoms with Crippen LogP contribution in [0.1, 0.15) is 17.5 Å². The molecule has 0 aliphatic carbocycles. The molecule has 158 valence electrons. The SMILES string of the molecule is COCCN1C(=O)C(CC(=O)Nc2cccc(Cl)c2)SC1=Nc1ccc(C)c(C)c1. The highest BCUT2D eigenvalue weighted by Gasteiger charge is 2.39. The lowest BCUT2D eigenvalue weighted by Gasteiger charge is -2.16. The van der Waals surface area contributed by atoms with Crippen LogP contribution in [-0.2, 0) is 14.3 Å². The van der Waals surface area contributed by atoms with Gasteiger partial charge in [-0.25, -0.2) is 4.99 Å². The van der Waals surface area contributed by atoms with Gasteiger partial charge in [-0.1, -0.05) is 35.5 Å². The second kappa shape index (κ2) is 10.1. The first-order valence-corrected chi connectivity index (χ1v) is 10.8. The average molecular weight is 446 g/mol. The van der Waals surface area contributed by atoms with Crippen molar-refractivity contribution in [1.82, 2.24) is 4.90 Å². The molecule has 1 aliphatic rings. The van der Waals surface area contributed by atoms with E-state index in [0.29, 0.717) is 29.0 Å². The van der Waals surface area contributed by atoms with Crippen molar-refractivity contribution in [2.45, 2.75) is 25.5 Å². The molecule has 1 aliphatic heterocycles. The monoisotopic (exact) mass is 445 g/mol. The van der Waals surface area contributed by atoms with Gasteiger partial charge in [-0.15, -0.1) is 0 Å². The van der Waals surface area contributed by atoms with Gasteiger partial charge < -0.3 is 10.1 Å². The zero-order chi connectivity index (χ0) is 21.7. The van der Waals surface area contributed by atoms with E-state index in [2.05, 4.69) is 10.3 Å². The van der Waals surface area contributed by atoms with Crippen molar-refractivity contribution in [3.63, 3.8) is 0 Å². The first-order chi connectivity index (χ1) is 14.4. The number of methoxy groups -OCH3 is 1. The van der Waals surface area contributed by atoms with Crippen molar-refractivity contribution in [2.75, 3.05) is 25.6 Å². The molecule has 1 unspecified atom stereocenters. The number of aryl methyl sites for hydroxylation is 2. The zero-order valence-electron chi connectivity index (χ0n) is 17.1. The van der Waals surface area contributed by atoms with Gasteiger partial charge in [0.2, 0.25) is 11.8 Å². The van der Waals surface area contributed by atoms with Crippen LogP contribution < -0.4 is 5.32 Å². The van der Waals surface area contributed by atoms with Crippen LogP contribution in [0.4, 0.5) is 11.4 Å². The van der Waals surface area contributed by atoms with Crippen molar-refractivity contribution < 1.29 is 14.3 Å². The van der Waals surface area contributed by atoms with Gasteiger partial charge in [0, 0.05) is 24.2 Å². The summed E-state index contributed by atoms with van der Waals surface area (Å²) >= 11 is 7.27. The fraction of sp³-hybridized carbons (Fsp3) is 0.318. The number of anilines is 1. The number of halogens is 1. The summed E-state index contributed by atoms with van der Waals surface area (Å²) in [5, 5.41) is 3.38. The Labute approximate surface area is 185 Å². The van der Waals surface area contributed by atoms with E-state index in [4.69, 9.17) is 16.3 Å². The second-order valence-electron chi connectivity index (χ2n) is 7.01. The van der Waals surface area contributed by atoms with Gasteiger partial charge in [0.25, 0.3) is 0 Å². The zero-order valence-corrected chi connectivity index (χ0v) is 18.7. The van der Waals surface area contributed by atoms with E-state index in [1.807, 2.05) is 32.0 Å². The molecule has 1 N–H and O–H groups in total. The Kier molecular flexibility index (Phi) is 7.53. The highest BCUT2D eigenvalue weighted by Crippen LogP contribution is 2.32. The largest absolute Gasteiger partial charge is 0.383 e. The van der Waals surface area contributed by atoms with Crippen molar-refractivity contribution >= 4 is 51.7 Å². The van der Waals surface area contributed by atoms with Crippen LogP contribution >= 0.6 is 23.4 Å². The number of hydrogen-bond donors (Lipinski definition) is 1. The molecule has 2 amide bonds. The molecule has 0 aromatic heterocycles. The van der Waals surface area contributed by atoms with E-state index in [0.717, 1.165) is 11.3 Å². The number of rotatable bonds is 7. The fourth-order valence-corrected chi connectivity index (χ4v) is 4.34. The number of aliphatic imine (C=N–C) groups is 1. The minimum Gasteiger partial charge on any atom is -0.383 e. The molecule has 8 heteroatoms. The maximum absolute atomic E-state index is 12.9. The summed E-state index contributed by atoms with van der Waals surface area (Å²) in [6, 6.07) is 12.8. The van der Waals surface area contributed by atoms with Crippen LogP contribution in [0, 0.1) is 13.8 Å². The first kappa shape index (κ1) is 22.3. The third-order valence-corrected chi connectivity index (χ3v) is 6.14. The van der Waals surface area contributed by atoms with E-state index in [1.165, 1.54) is 17.3 Å². The number of benzene rings is 2. The van der Waals surface area contributed by atoms with Gasteiger partial charge in [0.15, 0.2) is 5.17 Å². The summed E-state index contributed by atoms with van der Waals surface area (Å²) in [6.45, 7) is 4.84.